The van der Waals surface area contributed by atoms with Crippen molar-refractivity contribution < 1.29 is 14.3 Å². The Kier molecular flexibility index (Phi) is 5.19. The average molecular weight is 301 g/mol. The van der Waals surface area contributed by atoms with E-state index < -0.39 is 0 Å². The number of rotatable bonds is 6. The maximum atomic E-state index is 5.84. The molecule has 0 atom stereocenters. The summed E-state index contributed by atoms with van der Waals surface area (Å²) in [4.78, 5) is 4.87. The Labute approximate surface area is 129 Å². The van der Waals surface area contributed by atoms with Crippen molar-refractivity contribution in [1.29, 1.82) is 0 Å². The van der Waals surface area contributed by atoms with Gasteiger partial charge in [-0.3, -0.25) is 0 Å². The summed E-state index contributed by atoms with van der Waals surface area (Å²) in [7, 11) is 3.18. The normalized spacial score (nSPS) is 10.7. The predicted octanol–water partition coefficient (Wildman–Crippen LogP) is 3.99. The summed E-state index contributed by atoms with van der Waals surface area (Å²) < 4.78 is 10.6. The van der Waals surface area contributed by atoms with Gasteiger partial charge in [0.25, 0.3) is 0 Å². The highest BCUT2D eigenvalue weighted by Crippen LogP contribution is 2.35. The molecule has 22 heavy (non-hydrogen) atoms. The van der Waals surface area contributed by atoms with Crippen LogP contribution in [0.1, 0.15) is 6.92 Å². The Balaban J connectivity index is 2.37. The van der Waals surface area contributed by atoms with Gasteiger partial charge in [0.1, 0.15) is 23.8 Å². The van der Waals surface area contributed by atoms with E-state index in [0.29, 0.717) is 29.5 Å². The number of anilines is 1. The van der Waals surface area contributed by atoms with Gasteiger partial charge in [0.15, 0.2) is 0 Å². The number of methoxy groups -OCH3 is 2. The van der Waals surface area contributed by atoms with Crippen molar-refractivity contribution >= 4 is 11.4 Å². The molecule has 0 saturated heterocycles. The molecular weight excluding hydrogens is 282 g/mol. The highest BCUT2D eigenvalue weighted by atomic mass is 16.6. The number of ether oxygens (including phenoxy) is 2. The summed E-state index contributed by atoms with van der Waals surface area (Å²) >= 11 is 0. The van der Waals surface area contributed by atoms with Crippen LogP contribution in [0.25, 0.3) is 11.1 Å². The van der Waals surface area contributed by atoms with E-state index in [4.69, 9.17) is 20.0 Å². The number of nitrogens with two attached hydrogens (primary N) is 1. The highest BCUT2D eigenvalue weighted by Gasteiger charge is 2.08. The first-order chi connectivity index (χ1) is 10.7. The zero-order valence-electron chi connectivity index (χ0n) is 12.9. The van der Waals surface area contributed by atoms with Gasteiger partial charge in [0.2, 0.25) is 0 Å². The summed E-state index contributed by atoms with van der Waals surface area (Å²) in [5, 5.41) is 7.60. The number of nitrogen functional groups attached to an aromatic ring is 1. The van der Waals surface area contributed by atoms with Crippen LogP contribution in [0.3, 0.4) is 0 Å². The molecule has 0 amide bonds. The molecule has 2 aromatic rings. The first-order valence-electron chi connectivity index (χ1n) is 6.84. The third kappa shape index (κ3) is 3.46. The second-order valence-corrected chi connectivity index (χ2v) is 4.44. The zero-order chi connectivity index (χ0) is 15.9. The van der Waals surface area contributed by atoms with Gasteiger partial charge in [-0.2, -0.15) is 0 Å². The maximum absolute atomic E-state index is 5.84. The van der Waals surface area contributed by atoms with Crippen LogP contribution in [0.2, 0.25) is 0 Å². The van der Waals surface area contributed by atoms with Crippen molar-refractivity contribution in [2.24, 2.45) is 10.4 Å². The third-order valence-electron chi connectivity index (χ3n) is 3.08. The third-order valence-corrected chi connectivity index (χ3v) is 3.08. The van der Waals surface area contributed by atoms with Gasteiger partial charge in [-0.1, -0.05) is 12.1 Å². The lowest BCUT2D eigenvalue weighted by Gasteiger charge is -2.10. The van der Waals surface area contributed by atoms with Crippen molar-refractivity contribution in [3.05, 3.63) is 36.4 Å². The Bertz CT molecular complexity index is 672. The molecule has 0 spiro atoms. The van der Waals surface area contributed by atoms with Crippen LogP contribution in [0.4, 0.5) is 11.4 Å². The van der Waals surface area contributed by atoms with Gasteiger partial charge >= 0.3 is 0 Å². The van der Waals surface area contributed by atoms with Crippen LogP contribution in [0.15, 0.2) is 46.8 Å². The molecular formula is C16H19N3O3. The molecule has 0 aliphatic heterocycles. The summed E-state index contributed by atoms with van der Waals surface area (Å²) in [6.45, 7) is 2.31. The van der Waals surface area contributed by atoms with Crippen molar-refractivity contribution in [2.45, 2.75) is 6.92 Å². The maximum Gasteiger partial charge on any atom is 0.147 e. The van der Waals surface area contributed by atoms with E-state index in [0.717, 1.165) is 11.1 Å². The molecule has 0 fully saturated rings. The summed E-state index contributed by atoms with van der Waals surface area (Å²) in [5.74, 6) is 1.24. The Morgan fingerprint density at radius 1 is 0.955 bits per heavy atom. The molecule has 0 aliphatic carbocycles. The SMILES string of the molecule is CCON=Nc1ccc(-c2ccc(N)c(OC)c2)cc1OC. The largest absolute Gasteiger partial charge is 0.495 e. The Morgan fingerprint density at radius 3 is 2.23 bits per heavy atom. The molecule has 0 aromatic heterocycles. The van der Waals surface area contributed by atoms with Crippen LogP contribution in [0, 0.1) is 0 Å². The Morgan fingerprint density at radius 2 is 1.59 bits per heavy atom. The molecule has 2 aromatic carbocycles. The average Bonchev–Trinajstić information content (AvgIpc) is 2.55. The molecule has 0 bridgehead atoms. The fourth-order valence-corrected chi connectivity index (χ4v) is 1.96. The molecule has 0 heterocycles. The molecule has 0 saturated carbocycles. The van der Waals surface area contributed by atoms with Gasteiger partial charge in [0.05, 0.1) is 19.9 Å². The van der Waals surface area contributed by atoms with Crippen molar-refractivity contribution in [2.75, 3.05) is 26.6 Å². The van der Waals surface area contributed by atoms with Crippen molar-refractivity contribution in [3.8, 4) is 22.6 Å². The lowest BCUT2D eigenvalue weighted by Crippen LogP contribution is -1.92. The molecule has 6 nitrogen and oxygen atoms in total. The molecule has 6 heteroatoms. The van der Waals surface area contributed by atoms with E-state index in [1.54, 1.807) is 14.2 Å². The minimum atomic E-state index is 0.467. The van der Waals surface area contributed by atoms with E-state index >= 15 is 0 Å². The number of benzene rings is 2. The quantitative estimate of drug-likeness (QED) is 0.497. The van der Waals surface area contributed by atoms with Crippen LogP contribution in [-0.4, -0.2) is 20.8 Å². The zero-order valence-corrected chi connectivity index (χ0v) is 12.9. The van der Waals surface area contributed by atoms with Gasteiger partial charge < -0.3 is 20.0 Å². The summed E-state index contributed by atoms with van der Waals surface area (Å²) in [6.07, 6.45) is 0. The van der Waals surface area contributed by atoms with Crippen LogP contribution in [0.5, 0.6) is 11.5 Å². The molecule has 2 N–H and O–H groups in total. The molecule has 0 radical (unpaired) electrons. The van der Waals surface area contributed by atoms with Crippen molar-refractivity contribution in [1.82, 2.24) is 0 Å². The first kappa shape index (κ1) is 15.6. The fraction of sp³-hybridized carbons (Fsp3) is 0.250. The first-order valence-corrected chi connectivity index (χ1v) is 6.84. The van der Waals surface area contributed by atoms with E-state index in [1.807, 2.05) is 43.3 Å². The molecule has 2 rings (SSSR count). The monoisotopic (exact) mass is 301 g/mol. The minimum Gasteiger partial charge on any atom is -0.495 e. The van der Waals surface area contributed by atoms with Crippen molar-refractivity contribution in [3.63, 3.8) is 0 Å². The van der Waals surface area contributed by atoms with Gasteiger partial charge in [-0.05, 0) is 42.3 Å². The number of hydrogen-bond acceptors (Lipinski definition) is 6. The summed E-state index contributed by atoms with van der Waals surface area (Å²) in [6, 6.07) is 11.2. The summed E-state index contributed by atoms with van der Waals surface area (Å²) in [5.41, 5.74) is 8.97. The molecule has 0 unspecified atom stereocenters. The van der Waals surface area contributed by atoms with E-state index in [2.05, 4.69) is 10.4 Å². The fourth-order valence-electron chi connectivity index (χ4n) is 1.96. The van der Waals surface area contributed by atoms with E-state index in [-0.39, 0.29) is 0 Å². The number of hydrogen-bond donors (Lipinski definition) is 1. The molecule has 116 valence electrons. The molecule has 0 aliphatic rings. The minimum absolute atomic E-state index is 0.467. The van der Waals surface area contributed by atoms with Crippen LogP contribution >= 0.6 is 0 Å². The second kappa shape index (κ2) is 7.31. The van der Waals surface area contributed by atoms with E-state index in [1.165, 1.54) is 0 Å². The lowest BCUT2D eigenvalue weighted by molar-refractivity contribution is 0.139. The van der Waals surface area contributed by atoms with Gasteiger partial charge in [-0.15, -0.1) is 5.11 Å². The smallest absolute Gasteiger partial charge is 0.147 e. The van der Waals surface area contributed by atoms with E-state index in [9.17, 15) is 0 Å². The van der Waals surface area contributed by atoms with Crippen LogP contribution in [-0.2, 0) is 4.84 Å². The standard InChI is InChI=1S/C16H19N3O3/c1-4-22-19-18-14-8-6-12(10-16(14)21-3)11-5-7-13(17)15(9-11)20-2/h5-10H,4,17H2,1-3H3. The highest BCUT2D eigenvalue weighted by molar-refractivity contribution is 5.73. The van der Waals surface area contributed by atoms with Crippen LogP contribution < -0.4 is 15.2 Å². The lowest BCUT2D eigenvalue weighted by atomic mass is 10.0. The Hall–Kier alpha value is -2.76. The van der Waals surface area contributed by atoms with Gasteiger partial charge in [0, 0.05) is 5.28 Å². The second-order valence-electron chi connectivity index (χ2n) is 4.44. The number of nitrogens with zero attached hydrogens (tertiary/aromatic N) is 2. The van der Waals surface area contributed by atoms with Gasteiger partial charge in [-0.25, -0.2) is 0 Å². The predicted molar refractivity (Wildman–Crippen MR) is 85.5 cm³/mol. The topological polar surface area (TPSA) is 78.4 Å².